The maximum absolute atomic E-state index is 6.00. The molecule has 0 radical (unpaired) electrons. The number of fused-ring (bicyclic) bond motifs is 1. The number of para-hydroxylation sites is 1. The summed E-state index contributed by atoms with van der Waals surface area (Å²) in [5.74, 6) is 1.62. The number of likely N-dealkylation sites (N-methyl/N-ethyl adjacent to an activating group) is 1. The van der Waals surface area contributed by atoms with E-state index in [0.29, 0.717) is 19.0 Å². The molecule has 194 valence electrons. The summed E-state index contributed by atoms with van der Waals surface area (Å²) in [6.07, 6.45) is 2.47. The van der Waals surface area contributed by atoms with Gasteiger partial charge in [-0.3, -0.25) is 0 Å². The molecule has 2 aromatic carbocycles. The first-order valence-electron chi connectivity index (χ1n) is 13.2. The number of benzene rings is 2. The van der Waals surface area contributed by atoms with Gasteiger partial charge in [-0.15, -0.1) is 5.10 Å². The van der Waals surface area contributed by atoms with Gasteiger partial charge in [0.2, 0.25) is 0 Å². The molecular weight excluding hydrogens is 462 g/mol. The molecule has 2 aromatic heterocycles. The zero-order valence-corrected chi connectivity index (χ0v) is 22.6. The standard InChI is InChI=1S/C29H37N7O/c1-6-35(19-26-11-8-12-37-26)28-25(16-24-10-7-9-22(4)27(24)30-28)18-36(29-31-33-34(5)32-29)17-23-14-20(2)13-21(3)15-23/h7,9-10,13-16,26H,6,8,11-12,17-19H2,1-5H3/t26-/m1/s1. The minimum absolute atomic E-state index is 0.246. The SMILES string of the molecule is CCN(C[C@H]1CCCO1)c1nc2c(C)cccc2cc1CN(Cc1cc(C)cc(C)c1)c1nnn(C)n1. The molecule has 37 heavy (non-hydrogen) atoms. The van der Waals surface area contributed by atoms with Gasteiger partial charge in [0.15, 0.2) is 0 Å². The molecule has 0 aliphatic carbocycles. The van der Waals surface area contributed by atoms with Gasteiger partial charge in [-0.05, 0) is 62.9 Å². The van der Waals surface area contributed by atoms with Gasteiger partial charge in [-0.25, -0.2) is 4.98 Å². The molecule has 1 aliphatic rings. The molecule has 8 heteroatoms. The number of hydrogen-bond acceptors (Lipinski definition) is 7. The largest absolute Gasteiger partial charge is 0.376 e. The van der Waals surface area contributed by atoms with Crippen molar-refractivity contribution in [2.24, 2.45) is 7.05 Å². The number of aromatic nitrogens is 5. The first-order valence-corrected chi connectivity index (χ1v) is 13.2. The van der Waals surface area contributed by atoms with Crippen molar-refractivity contribution in [3.63, 3.8) is 0 Å². The highest BCUT2D eigenvalue weighted by Gasteiger charge is 2.24. The lowest BCUT2D eigenvalue weighted by Gasteiger charge is -2.29. The van der Waals surface area contributed by atoms with Crippen molar-refractivity contribution in [3.8, 4) is 0 Å². The van der Waals surface area contributed by atoms with Crippen LogP contribution in [0.25, 0.3) is 10.9 Å². The fourth-order valence-corrected chi connectivity index (χ4v) is 5.35. The van der Waals surface area contributed by atoms with Crippen LogP contribution in [-0.2, 0) is 24.9 Å². The maximum Gasteiger partial charge on any atom is 0.266 e. The van der Waals surface area contributed by atoms with E-state index in [1.54, 1.807) is 7.05 Å². The van der Waals surface area contributed by atoms with Crippen LogP contribution in [0.2, 0.25) is 0 Å². The normalized spacial score (nSPS) is 15.4. The predicted molar refractivity (Wildman–Crippen MR) is 148 cm³/mol. The molecule has 1 aliphatic heterocycles. The molecule has 1 saturated heterocycles. The van der Waals surface area contributed by atoms with Crippen LogP contribution < -0.4 is 9.80 Å². The summed E-state index contributed by atoms with van der Waals surface area (Å²) < 4.78 is 6.00. The Bertz CT molecular complexity index is 1360. The Kier molecular flexibility index (Phi) is 7.37. The van der Waals surface area contributed by atoms with Crippen LogP contribution >= 0.6 is 0 Å². The molecule has 0 saturated carbocycles. The summed E-state index contributed by atoms with van der Waals surface area (Å²) in [7, 11) is 1.80. The highest BCUT2D eigenvalue weighted by Crippen LogP contribution is 2.29. The van der Waals surface area contributed by atoms with Crippen LogP contribution in [0.4, 0.5) is 11.8 Å². The van der Waals surface area contributed by atoms with E-state index in [4.69, 9.17) is 9.72 Å². The molecule has 3 heterocycles. The lowest BCUT2D eigenvalue weighted by Crippen LogP contribution is -2.34. The van der Waals surface area contributed by atoms with Crippen molar-refractivity contribution in [1.82, 2.24) is 25.2 Å². The van der Waals surface area contributed by atoms with Crippen LogP contribution in [0.3, 0.4) is 0 Å². The molecular formula is C29H37N7O. The van der Waals surface area contributed by atoms with Crippen molar-refractivity contribution in [3.05, 3.63) is 70.3 Å². The van der Waals surface area contributed by atoms with E-state index in [1.165, 1.54) is 27.1 Å². The van der Waals surface area contributed by atoms with Gasteiger partial charge in [0.1, 0.15) is 5.82 Å². The topological polar surface area (TPSA) is 72.2 Å². The number of rotatable bonds is 9. The number of pyridine rings is 1. The lowest BCUT2D eigenvalue weighted by molar-refractivity contribution is 0.115. The Balaban J connectivity index is 1.57. The monoisotopic (exact) mass is 499 g/mol. The number of aryl methyl sites for hydroxylation is 4. The Morgan fingerprint density at radius 2 is 1.84 bits per heavy atom. The molecule has 0 N–H and O–H groups in total. The lowest BCUT2D eigenvalue weighted by atomic mass is 10.1. The van der Waals surface area contributed by atoms with E-state index in [0.717, 1.165) is 54.8 Å². The molecule has 0 bridgehead atoms. The van der Waals surface area contributed by atoms with Crippen LogP contribution in [0.1, 0.15) is 47.6 Å². The van der Waals surface area contributed by atoms with E-state index >= 15 is 0 Å². The average molecular weight is 500 g/mol. The van der Waals surface area contributed by atoms with Crippen LogP contribution in [-0.4, -0.2) is 51.0 Å². The zero-order valence-electron chi connectivity index (χ0n) is 22.6. The van der Waals surface area contributed by atoms with E-state index in [2.05, 4.69) is 95.4 Å². The summed E-state index contributed by atoms with van der Waals surface area (Å²) in [4.78, 5) is 11.3. The molecule has 0 amide bonds. The van der Waals surface area contributed by atoms with Crippen LogP contribution in [0, 0.1) is 20.8 Å². The Morgan fingerprint density at radius 3 is 2.51 bits per heavy atom. The van der Waals surface area contributed by atoms with Gasteiger partial charge in [-0.2, -0.15) is 4.80 Å². The van der Waals surface area contributed by atoms with Crippen LogP contribution in [0.5, 0.6) is 0 Å². The fraction of sp³-hybridized carbons (Fsp3) is 0.448. The average Bonchev–Trinajstić information content (AvgIpc) is 3.53. The number of hydrogen-bond donors (Lipinski definition) is 0. The molecule has 1 atom stereocenters. The Labute approximate surface area is 219 Å². The minimum atomic E-state index is 0.246. The second-order valence-corrected chi connectivity index (χ2v) is 10.2. The third kappa shape index (κ3) is 5.74. The number of nitrogens with zero attached hydrogens (tertiary/aromatic N) is 7. The van der Waals surface area contributed by atoms with Gasteiger partial charge in [0.25, 0.3) is 5.95 Å². The van der Waals surface area contributed by atoms with Gasteiger partial charge >= 0.3 is 0 Å². The van der Waals surface area contributed by atoms with Crippen molar-refractivity contribution < 1.29 is 4.74 Å². The number of tetrazole rings is 1. The highest BCUT2D eigenvalue weighted by atomic mass is 16.5. The van der Waals surface area contributed by atoms with Gasteiger partial charge < -0.3 is 14.5 Å². The van der Waals surface area contributed by atoms with E-state index < -0.39 is 0 Å². The summed E-state index contributed by atoms with van der Waals surface area (Å²) in [6.45, 7) is 12.4. The van der Waals surface area contributed by atoms with E-state index in [9.17, 15) is 0 Å². The van der Waals surface area contributed by atoms with E-state index in [-0.39, 0.29) is 6.10 Å². The van der Waals surface area contributed by atoms with E-state index in [1.807, 2.05) is 0 Å². The first kappa shape index (κ1) is 25.1. The minimum Gasteiger partial charge on any atom is -0.376 e. The number of anilines is 2. The van der Waals surface area contributed by atoms with Gasteiger partial charge in [-0.1, -0.05) is 52.6 Å². The third-order valence-corrected chi connectivity index (χ3v) is 7.03. The van der Waals surface area contributed by atoms with Crippen molar-refractivity contribution in [1.29, 1.82) is 0 Å². The second kappa shape index (κ2) is 10.8. The maximum atomic E-state index is 6.00. The van der Waals surface area contributed by atoms with Gasteiger partial charge in [0.05, 0.1) is 18.7 Å². The summed E-state index contributed by atoms with van der Waals surface area (Å²) in [6, 6.07) is 15.3. The smallest absolute Gasteiger partial charge is 0.266 e. The third-order valence-electron chi connectivity index (χ3n) is 7.03. The van der Waals surface area contributed by atoms with Crippen LogP contribution in [0.15, 0.2) is 42.5 Å². The van der Waals surface area contributed by atoms with Gasteiger partial charge in [0, 0.05) is 43.7 Å². The molecule has 4 aromatic rings. The summed E-state index contributed by atoms with van der Waals surface area (Å²) in [5, 5.41) is 14.2. The second-order valence-electron chi connectivity index (χ2n) is 10.2. The Morgan fingerprint density at radius 1 is 1.03 bits per heavy atom. The summed E-state index contributed by atoms with van der Waals surface area (Å²) in [5.41, 5.74) is 7.10. The van der Waals surface area contributed by atoms with Crippen molar-refractivity contribution >= 4 is 22.7 Å². The zero-order chi connectivity index (χ0) is 25.9. The molecule has 1 fully saturated rings. The van der Waals surface area contributed by atoms with Crippen molar-refractivity contribution in [2.45, 2.75) is 59.7 Å². The molecule has 0 unspecified atom stereocenters. The number of ether oxygens (including phenoxy) is 1. The summed E-state index contributed by atoms with van der Waals surface area (Å²) >= 11 is 0. The van der Waals surface area contributed by atoms with Crippen molar-refractivity contribution in [2.75, 3.05) is 29.5 Å². The highest BCUT2D eigenvalue weighted by molar-refractivity contribution is 5.84. The predicted octanol–water partition coefficient (Wildman–Crippen LogP) is 4.90. The molecule has 0 spiro atoms. The Hall–Kier alpha value is -3.52. The fourth-order valence-electron chi connectivity index (χ4n) is 5.35. The quantitative estimate of drug-likeness (QED) is 0.324. The molecule has 5 rings (SSSR count). The first-order chi connectivity index (χ1) is 17.9. The molecule has 8 nitrogen and oxygen atoms in total.